The smallest absolute Gasteiger partial charge is 0.394 e. The van der Waals surface area contributed by atoms with E-state index < -0.39 is 6.11 Å². The first-order valence-corrected chi connectivity index (χ1v) is 6.49. The van der Waals surface area contributed by atoms with Gasteiger partial charge in [0.2, 0.25) is 5.95 Å². The predicted molar refractivity (Wildman–Crippen MR) is 73.5 cm³/mol. The van der Waals surface area contributed by atoms with Gasteiger partial charge >= 0.3 is 6.11 Å². The van der Waals surface area contributed by atoms with Crippen LogP contribution in [-0.2, 0) is 13.1 Å². The number of nitrogens with zero attached hydrogens (tertiary/aromatic N) is 2. The van der Waals surface area contributed by atoms with Crippen molar-refractivity contribution >= 4 is 11.6 Å². The van der Waals surface area contributed by atoms with E-state index in [1.54, 1.807) is 18.3 Å². The monoisotopic (exact) mass is 292 g/mol. The molecule has 21 heavy (non-hydrogen) atoms. The van der Waals surface area contributed by atoms with Crippen LogP contribution in [0.5, 0.6) is 5.75 Å². The quantitative estimate of drug-likeness (QED) is 0.907. The number of aromatic nitrogens is 2. The Morgan fingerprint density at radius 1 is 1.33 bits per heavy atom. The number of alkyl halides is 2. The van der Waals surface area contributed by atoms with Crippen LogP contribution in [0.2, 0.25) is 0 Å². The first-order chi connectivity index (χ1) is 9.99. The Morgan fingerprint density at radius 2 is 2.19 bits per heavy atom. The number of anilines is 2. The zero-order chi connectivity index (χ0) is 14.9. The standard InChI is InChI=1S/C14H14F2N4O/c1-14(15,16)21-11-4-2-3-10(5-11)19-13-18-7-9-6-17-8-12(9)20-13/h2-5,7,17H,6,8H2,1H3,(H,18,19,20). The number of ether oxygens (including phenoxy) is 1. The molecule has 0 spiro atoms. The van der Waals surface area contributed by atoms with E-state index in [1.807, 2.05) is 0 Å². The second-order valence-corrected chi connectivity index (χ2v) is 4.83. The molecule has 110 valence electrons. The Balaban J connectivity index is 1.77. The molecule has 1 aromatic carbocycles. The number of fused-ring (bicyclic) bond motifs is 1. The SMILES string of the molecule is CC(F)(F)Oc1cccc(Nc2ncc3c(n2)CNC3)c1. The summed E-state index contributed by atoms with van der Waals surface area (Å²) in [6.07, 6.45) is -1.46. The molecule has 1 aromatic heterocycles. The molecule has 0 saturated carbocycles. The molecule has 1 aliphatic rings. The Labute approximate surface area is 120 Å². The van der Waals surface area contributed by atoms with Crippen molar-refractivity contribution in [2.24, 2.45) is 0 Å². The zero-order valence-corrected chi connectivity index (χ0v) is 11.4. The molecule has 2 aromatic rings. The molecule has 3 rings (SSSR count). The lowest BCUT2D eigenvalue weighted by molar-refractivity contribution is -0.158. The summed E-state index contributed by atoms with van der Waals surface area (Å²) >= 11 is 0. The topological polar surface area (TPSA) is 59.1 Å². The molecule has 0 atom stereocenters. The van der Waals surface area contributed by atoms with Gasteiger partial charge in [0.1, 0.15) is 5.75 Å². The summed E-state index contributed by atoms with van der Waals surface area (Å²) in [4.78, 5) is 8.58. The highest BCUT2D eigenvalue weighted by Gasteiger charge is 2.23. The van der Waals surface area contributed by atoms with Crippen molar-refractivity contribution in [3.8, 4) is 5.75 Å². The van der Waals surface area contributed by atoms with Gasteiger partial charge in [-0.3, -0.25) is 0 Å². The highest BCUT2D eigenvalue weighted by atomic mass is 19.3. The van der Waals surface area contributed by atoms with Crippen molar-refractivity contribution in [1.29, 1.82) is 0 Å². The van der Waals surface area contributed by atoms with E-state index in [0.717, 1.165) is 17.8 Å². The fourth-order valence-electron chi connectivity index (χ4n) is 2.09. The van der Waals surface area contributed by atoms with Crippen LogP contribution < -0.4 is 15.4 Å². The number of halogens is 2. The maximum atomic E-state index is 12.8. The van der Waals surface area contributed by atoms with E-state index in [0.29, 0.717) is 25.1 Å². The maximum Gasteiger partial charge on any atom is 0.394 e. The van der Waals surface area contributed by atoms with Gasteiger partial charge in [-0.15, -0.1) is 0 Å². The first-order valence-electron chi connectivity index (χ1n) is 6.49. The highest BCUT2D eigenvalue weighted by Crippen LogP contribution is 2.25. The number of hydrogen-bond acceptors (Lipinski definition) is 5. The van der Waals surface area contributed by atoms with Gasteiger partial charge in [0.05, 0.1) is 5.69 Å². The largest absolute Gasteiger partial charge is 0.433 e. The van der Waals surface area contributed by atoms with Gasteiger partial charge in [-0.25, -0.2) is 9.97 Å². The second-order valence-electron chi connectivity index (χ2n) is 4.83. The van der Waals surface area contributed by atoms with Gasteiger partial charge in [-0.05, 0) is 12.1 Å². The molecule has 0 bridgehead atoms. The van der Waals surface area contributed by atoms with E-state index in [9.17, 15) is 8.78 Å². The Morgan fingerprint density at radius 3 is 3.00 bits per heavy atom. The molecule has 1 aliphatic heterocycles. The number of nitrogens with one attached hydrogen (secondary N) is 2. The van der Waals surface area contributed by atoms with E-state index in [-0.39, 0.29) is 5.75 Å². The van der Waals surface area contributed by atoms with Crippen LogP contribution in [0, 0.1) is 0 Å². The third-order valence-electron chi connectivity index (χ3n) is 2.95. The fourth-order valence-corrected chi connectivity index (χ4v) is 2.09. The van der Waals surface area contributed by atoms with Crippen molar-refractivity contribution in [2.45, 2.75) is 26.1 Å². The van der Waals surface area contributed by atoms with Gasteiger partial charge in [0, 0.05) is 43.5 Å². The molecule has 0 aliphatic carbocycles. The minimum absolute atomic E-state index is 0.0790. The van der Waals surface area contributed by atoms with Crippen LogP contribution >= 0.6 is 0 Å². The molecule has 7 heteroatoms. The summed E-state index contributed by atoms with van der Waals surface area (Å²) in [7, 11) is 0. The van der Waals surface area contributed by atoms with Gasteiger partial charge < -0.3 is 15.4 Å². The van der Waals surface area contributed by atoms with Crippen molar-refractivity contribution in [3.63, 3.8) is 0 Å². The Bertz CT molecular complexity index is 658. The van der Waals surface area contributed by atoms with E-state index in [4.69, 9.17) is 0 Å². The summed E-state index contributed by atoms with van der Waals surface area (Å²) in [6, 6.07) is 6.30. The lowest BCUT2D eigenvalue weighted by atomic mass is 10.3. The first kappa shape index (κ1) is 13.7. The summed E-state index contributed by atoms with van der Waals surface area (Å²) in [5.74, 6) is 0.508. The number of rotatable bonds is 4. The Hall–Kier alpha value is -2.28. The molecule has 0 unspecified atom stereocenters. The number of hydrogen-bond donors (Lipinski definition) is 2. The normalized spacial score (nSPS) is 13.9. The van der Waals surface area contributed by atoms with Gasteiger partial charge in [0.15, 0.2) is 0 Å². The predicted octanol–water partition coefficient (Wildman–Crippen LogP) is 2.81. The molecular weight excluding hydrogens is 278 g/mol. The average Bonchev–Trinajstić information content (AvgIpc) is 2.84. The van der Waals surface area contributed by atoms with Crippen molar-refractivity contribution in [1.82, 2.24) is 15.3 Å². The van der Waals surface area contributed by atoms with Gasteiger partial charge in [0.25, 0.3) is 0 Å². The molecule has 5 nitrogen and oxygen atoms in total. The lowest BCUT2D eigenvalue weighted by Gasteiger charge is -2.14. The summed E-state index contributed by atoms with van der Waals surface area (Å²) in [6.45, 7) is 2.17. The third kappa shape index (κ3) is 3.43. The average molecular weight is 292 g/mol. The molecular formula is C14H14F2N4O. The fraction of sp³-hybridized carbons (Fsp3) is 0.286. The van der Waals surface area contributed by atoms with Crippen LogP contribution in [0.4, 0.5) is 20.4 Å². The molecule has 0 amide bonds. The second kappa shape index (κ2) is 5.25. The third-order valence-corrected chi connectivity index (χ3v) is 2.95. The van der Waals surface area contributed by atoms with E-state index in [1.165, 1.54) is 12.1 Å². The minimum atomic E-state index is -3.21. The van der Waals surface area contributed by atoms with E-state index >= 15 is 0 Å². The van der Waals surface area contributed by atoms with Crippen molar-refractivity contribution < 1.29 is 13.5 Å². The molecule has 2 heterocycles. The van der Waals surface area contributed by atoms with Crippen LogP contribution in [-0.4, -0.2) is 16.1 Å². The van der Waals surface area contributed by atoms with Crippen LogP contribution in [0.1, 0.15) is 18.2 Å². The lowest BCUT2D eigenvalue weighted by Crippen LogP contribution is -2.19. The highest BCUT2D eigenvalue weighted by molar-refractivity contribution is 5.56. The minimum Gasteiger partial charge on any atom is -0.433 e. The number of benzene rings is 1. The van der Waals surface area contributed by atoms with Crippen molar-refractivity contribution in [2.75, 3.05) is 5.32 Å². The molecule has 0 radical (unpaired) electrons. The molecule has 0 fully saturated rings. The van der Waals surface area contributed by atoms with Gasteiger partial charge in [-0.2, -0.15) is 8.78 Å². The van der Waals surface area contributed by atoms with Gasteiger partial charge in [-0.1, -0.05) is 6.07 Å². The van der Waals surface area contributed by atoms with Crippen LogP contribution in [0.3, 0.4) is 0 Å². The van der Waals surface area contributed by atoms with Crippen molar-refractivity contribution in [3.05, 3.63) is 41.7 Å². The summed E-state index contributed by atoms with van der Waals surface area (Å²) in [5, 5.41) is 6.16. The summed E-state index contributed by atoms with van der Waals surface area (Å²) < 4.78 is 30.2. The molecule has 0 saturated heterocycles. The maximum absolute atomic E-state index is 12.8. The van der Waals surface area contributed by atoms with E-state index in [2.05, 4.69) is 25.3 Å². The van der Waals surface area contributed by atoms with Crippen LogP contribution in [0.15, 0.2) is 30.5 Å². The summed E-state index contributed by atoms with van der Waals surface area (Å²) in [5.41, 5.74) is 2.60. The zero-order valence-electron chi connectivity index (χ0n) is 11.4. The van der Waals surface area contributed by atoms with Crippen LogP contribution in [0.25, 0.3) is 0 Å². The Kier molecular flexibility index (Phi) is 3.42. The molecule has 2 N–H and O–H groups in total.